The Morgan fingerprint density at radius 3 is 1.19 bits per heavy atom. The second-order valence-corrected chi connectivity index (χ2v) is 11.8. The van der Waals surface area contributed by atoms with E-state index in [1.54, 1.807) is 0 Å². The molecule has 0 aliphatic carbocycles. The molecule has 0 aliphatic heterocycles. The van der Waals surface area contributed by atoms with Crippen LogP contribution in [0, 0.1) is 0 Å². The summed E-state index contributed by atoms with van der Waals surface area (Å²) < 4.78 is 4.35. The highest BCUT2D eigenvalue weighted by Crippen LogP contribution is 2.36. The second kappa shape index (κ2) is 9.11. The maximum atomic E-state index is 5.24. The van der Waals surface area contributed by atoms with Crippen molar-refractivity contribution in [3.63, 3.8) is 0 Å². The summed E-state index contributed by atoms with van der Waals surface area (Å²) >= 11 is 0. The number of benzene rings is 5. The van der Waals surface area contributed by atoms with Gasteiger partial charge in [0, 0.05) is 27.1 Å². The van der Waals surface area contributed by atoms with Crippen molar-refractivity contribution in [3.8, 4) is 23.3 Å². The van der Waals surface area contributed by atoms with Gasteiger partial charge in [0.1, 0.15) is 0 Å². The third-order valence-electron chi connectivity index (χ3n) is 8.15. The van der Waals surface area contributed by atoms with Crippen molar-refractivity contribution in [1.29, 1.82) is 0 Å². The largest absolute Gasteiger partial charge is 0.278 e. The third-order valence-corrected chi connectivity index (χ3v) is 8.15. The van der Waals surface area contributed by atoms with Gasteiger partial charge in [0.05, 0.1) is 22.1 Å². The second-order valence-electron chi connectivity index (χ2n) is 11.8. The van der Waals surface area contributed by atoms with Gasteiger partial charge in [0.15, 0.2) is 5.82 Å². The minimum Gasteiger partial charge on any atom is -0.278 e. The van der Waals surface area contributed by atoms with E-state index < -0.39 is 0 Å². The molecule has 3 aromatic heterocycles. The fourth-order valence-electron chi connectivity index (χ4n) is 6.28. The van der Waals surface area contributed by atoms with E-state index in [1.165, 1.54) is 27.1 Å². The van der Waals surface area contributed by atoms with Crippen LogP contribution >= 0.6 is 0 Å². The Morgan fingerprint density at radius 1 is 0.429 bits per heavy atom. The molecule has 5 heteroatoms. The SMILES string of the molecule is CC(C)(C)c1ccccc1-c1nc(-n2c3ccccc3c3ccccc32)nc(-n2c3ccccc3c3ccccc32)n1. The van der Waals surface area contributed by atoms with Crippen molar-refractivity contribution in [2.45, 2.75) is 26.2 Å². The topological polar surface area (TPSA) is 48.5 Å². The third kappa shape index (κ3) is 3.67. The number of hydrogen-bond acceptors (Lipinski definition) is 3. The Balaban J connectivity index is 1.52. The fraction of sp³-hybridized carbons (Fsp3) is 0.108. The zero-order valence-corrected chi connectivity index (χ0v) is 23.8. The van der Waals surface area contributed by atoms with E-state index in [0.717, 1.165) is 27.6 Å². The zero-order chi connectivity index (χ0) is 28.4. The van der Waals surface area contributed by atoms with Crippen LogP contribution < -0.4 is 0 Å². The number of rotatable bonds is 3. The summed E-state index contributed by atoms with van der Waals surface area (Å²) in [6.45, 7) is 6.69. The van der Waals surface area contributed by atoms with Gasteiger partial charge in [0.25, 0.3) is 0 Å². The molecular weight excluding hydrogens is 514 g/mol. The monoisotopic (exact) mass is 543 g/mol. The average Bonchev–Trinajstić information content (AvgIpc) is 3.54. The lowest BCUT2D eigenvalue weighted by Gasteiger charge is -2.22. The lowest BCUT2D eigenvalue weighted by molar-refractivity contribution is 0.591. The first-order valence-electron chi connectivity index (χ1n) is 14.3. The van der Waals surface area contributed by atoms with Crippen LogP contribution in [0.15, 0.2) is 121 Å². The van der Waals surface area contributed by atoms with Crippen molar-refractivity contribution < 1.29 is 0 Å². The summed E-state index contributed by atoms with van der Waals surface area (Å²) in [5.41, 5.74) is 6.36. The fourth-order valence-corrected chi connectivity index (χ4v) is 6.28. The molecule has 0 atom stereocenters. The van der Waals surface area contributed by atoms with E-state index in [4.69, 9.17) is 15.0 Å². The standard InChI is InChI=1S/C37H29N5/c1-37(2,3)29-19-9-4-18-28(29)34-38-35(41-30-20-10-5-14-24(30)25-15-6-11-21-31(25)41)40-36(39-34)42-32-22-12-7-16-26(32)27-17-8-13-23-33(27)42/h4-23H,1-3H3. The molecule has 5 nitrogen and oxygen atoms in total. The molecule has 42 heavy (non-hydrogen) atoms. The molecule has 0 N–H and O–H groups in total. The molecule has 3 heterocycles. The van der Waals surface area contributed by atoms with Crippen LogP contribution in [0.5, 0.6) is 0 Å². The molecule has 0 radical (unpaired) electrons. The van der Waals surface area contributed by atoms with Gasteiger partial charge in [-0.25, -0.2) is 0 Å². The molecule has 0 aliphatic rings. The number of aromatic nitrogens is 5. The summed E-state index contributed by atoms with van der Waals surface area (Å²) in [7, 11) is 0. The number of hydrogen-bond donors (Lipinski definition) is 0. The first-order chi connectivity index (χ1) is 20.5. The number of fused-ring (bicyclic) bond motifs is 6. The highest BCUT2D eigenvalue weighted by atomic mass is 15.3. The van der Waals surface area contributed by atoms with Crippen LogP contribution in [0.3, 0.4) is 0 Å². The molecule has 202 valence electrons. The smallest absolute Gasteiger partial charge is 0.240 e. The summed E-state index contributed by atoms with van der Waals surface area (Å²) in [6, 6.07) is 42.3. The molecule has 0 amide bonds. The van der Waals surface area contributed by atoms with Crippen LogP contribution in [0.4, 0.5) is 0 Å². The van der Waals surface area contributed by atoms with Gasteiger partial charge >= 0.3 is 0 Å². The minimum absolute atomic E-state index is 0.0940. The maximum absolute atomic E-state index is 5.24. The Hall–Kier alpha value is -5.29. The lowest BCUT2D eigenvalue weighted by Crippen LogP contribution is -2.15. The molecule has 0 fully saturated rings. The highest BCUT2D eigenvalue weighted by molar-refractivity contribution is 6.10. The first kappa shape index (κ1) is 24.5. The Bertz CT molecular complexity index is 2060. The van der Waals surface area contributed by atoms with Crippen LogP contribution in [-0.2, 0) is 5.41 Å². The zero-order valence-electron chi connectivity index (χ0n) is 23.8. The highest BCUT2D eigenvalue weighted by Gasteiger charge is 2.24. The van der Waals surface area contributed by atoms with E-state index in [9.17, 15) is 0 Å². The average molecular weight is 544 g/mol. The molecule has 0 bridgehead atoms. The number of nitrogens with zero attached hydrogens (tertiary/aromatic N) is 5. The van der Waals surface area contributed by atoms with Crippen LogP contribution in [0.25, 0.3) is 66.9 Å². The Kier molecular flexibility index (Phi) is 5.32. The quantitative estimate of drug-likeness (QED) is 0.223. The van der Waals surface area contributed by atoms with Gasteiger partial charge < -0.3 is 0 Å². The molecule has 8 rings (SSSR count). The summed E-state index contributed by atoms with van der Waals surface area (Å²) in [4.78, 5) is 15.7. The lowest BCUT2D eigenvalue weighted by atomic mass is 9.83. The summed E-state index contributed by atoms with van der Waals surface area (Å²) in [6.07, 6.45) is 0. The van der Waals surface area contributed by atoms with E-state index in [-0.39, 0.29) is 5.41 Å². The van der Waals surface area contributed by atoms with Crippen molar-refractivity contribution >= 4 is 43.6 Å². The van der Waals surface area contributed by atoms with Crippen molar-refractivity contribution in [2.75, 3.05) is 0 Å². The van der Waals surface area contributed by atoms with Crippen molar-refractivity contribution in [2.24, 2.45) is 0 Å². The van der Waals surface area contributed by atoms with E-state index in [2.05, 4.69) is 151 Å². The Morgan fingerprint density at radius 2 is 0.786 bits per heavy atom. The van der Waals surface area contributed by atoms with Gasteiger partial charge in [-0.05, 0) is 35.2 Å². The molecule has 0 spiro atoms. The van der Waals surface area contributed by atoms with E-state index >= 15 is 0 Å². The van der Waals surface area contributed by atoms with Crippen LogP contribution in [-0.4, -0.2) is 24.1 Å². The molecular formula is C37H29N5. The molecule has 0 saturated heterocycles. The Labute approximate surface area is 243 Å². The minimum atomic E-state index is -0.0940. The number of para-hydroxylation sites is 4. The predicted octanol–water partition coefficient (Wildman–Crippen LogP) is 9.03. The van der Waals surface area contributed by atoms with Crippen LogP contribution in [0.2, 0.25) is 0 Å². The predicted molar refractivity (Wildman–Crippen MR) is 173 cm³/mol. The summed E-state index contributed by atoms with van der Waals surface area (Å²) in [5.74, 6) is 1.85. The molecule has 0 unspecified atom stereocenters. The normalized spacial score (nSPS) is 12.2. The van der Waals surface area contributed by atoms with Crippen molar-refractivity contribution in [1.82, 2.24) is 24.1 Å². The first-order valence-corrected chi connectivity index (χ1v) is 14.3. The molecule has 8 aromatic rings. The van der Waals surface area contributed by atoms with Crippen LogP contribution in [0.1, 0.15) is 26.3 Å². The van der Waals surface area contributed by atoms with E-state index in [0.29, 0.717) is 17.7 Å². The van der Waals surface area contributed by atoms with Gasteiger partial charge in [-0.1, -0.05) is 118 Å². The van der Waals surface area contributed by atoms with Gasteiger partial charge in [-0.15, -0.1) is 0 Å². The maximum Gasteiger partial charge on any atom is 0.240 e. The van der Waals surface area contributed by atoms with Gasteiger partial charge in [-0.3, -0.25) is 9.13 Å². The van der Waals surface area contributed by atoms with E-state index in [1.807, 2.05) is 0 Å². The summed E-state index contributed by atoms with van der Waals surface area (Å²) in [5, 5.41) is 4.68. The molecule has 5 aromatic carbocycles. The van der Waals surface area contributed by atoms with Gasteiger partial charge in [0.2, 0.25) is 11.9 Å². The van der Waals surface area contributed by atoms with Gasteiger partial charge in [-0.2, -0.15) is 15.0 Å². The van der Waals surface area contributed by atoms with Crippen molar-refractivity contribution in [3.05, 3.63) is 127 Å². The molecule has 0 saturated carbocycles.